The van der Waals surface area contributed by atoms with Crippen LogP contribution < -0.4 is 5.32 Å². The number of nitrogens with one attached hydrogen (secondary N) is 2. The number of aromatic nitrogens is 1. The van der Waals surface area contributed by atoms with Gasteiger partial charge in [-0.2, -0.15) is 0 Å². The minimum absolute atomic E-state index is 0.0270. The minimum Gasteiger partial charge on any atom is -0.425 e. The van der Waals surface area contributed by atoms with Crippen LogP contribution in [0.5, 0.6) is 0 Å². The van der Waals surface area contributed by atoms with Gasteiger partial charge >= 0.3 is 23.9 Å². The summed E-state index contributed by atoms with van der Waals surface area (Å²) < 4.78 is 21.1. The lowest BCUT2D eigenvalue weighted by molar-refractivity contribution is -0.186. The second kappa shape index (κ2) is 20.6. The molecule has 314 valence electrons. The zero-order valence-electron chi connectivity index (χ0n) is 34.6. The number of Topliss-reactive ketones (excluding diaryl/α,β-unsaturated/α-hetero) is 1. The third kappa shape index (κ3) is 12.7. The van der Waals surface area contributed by atoms with Crippen molar-refractivity contribution in [3.63, 3.8) is 0 Å². The Morgan fingerprint density at radius 2 is 1.51 bits per heavy atom. The summed E-state index contributed by atoms with van der Waals surface area (Å²) in [7, 11) is 0. The largest absolute Gasteiger partial charge is 0.425 e. The van der Waals surface area contributed by atoms with Crippen molar-refractivity contribution in [2.45, 2.75) is 93.3 Å². The molecular weight excluding hydrogens is 759 g/mol. The van der Waals surface area contributed by atoms with E-state index in [1.165, 1.54) is 32.1 Å². The molecule has 1 saturated carbocycles. The predicted molar refractivity (Wildman–Crippen MR) is 218 cm³/mol. The summed E-state index contributed by atoms with van der Waals surface area (Å²) in [5.41, 5.74) is 1.89. The third-order valence-electron chi connectivity index (χ3n) is 9.80. The minimum atomic E-state index is -1.32. The predicted octanol–water partition coefficient (Wildman–Crippen LogP) is 6.63. The molecule has 0 saturated heterocycles. The van der Waals surface area contributed by atoms with Gasteiger partial charge in [-0.05, 0) is 76.8 Å². The van der Waals surface area contributed by atoms with Crippen LogP contribution >= 0.6 is 0 Å². The van der Waals surface area contributed by atoms with E-state index in [4.69, 9.17) is 24.4 Å². The number of benzene rings is 2. The molecule has 1 aliphatic rings. The van der Waals surface area contributed by atoms with E-state index in [1.807, 2.05) is 13.8 Å². The highest BCUT2D eigenvalue weighted by Crippen LogP contribution is 2.33. The van der Waals surface area contributed by atoms with E-state index < -0.39 is 60.8 Å². The number of amides is 1. The Morgan fingerprint density at radius 3 is 2.10 bits per heavy atom. The standard InChI is InChI=1S/C45H53N3O11/c1-9-31-19-36(39(50)18-29-12-14-32(15-13-29)37(46)21-40(51)56-27(7)57-43(53)25(4)5)35(20-33(31)23-49)34-16-17-38(42(52)47-22-30-10-11-30)48-41(34)45(55)59-28(8)58-44(54)26(6)24(2)3/h9,12-17,19-20,24-28,30,46,49H,1,10-11,18,21-23H2,2-8H3,(H,47,52)/t26-,27?,28?/m0/s1. The Bertz CT molecular complexity index is 2090. The van der Waals surface area contributed by atoms with Gasteiger partial charge in [-0.1, -0.05) is 71.5 Å². The molecule has 1 heterocycles. The second-order valence-electron chi connectivity index (χ2n) is 15.2. The number of pyridine rings is 1. The molecule has 14 heteroatoms. The molecule has 3 atom stereocenters. The molecule has 3 N–H and O–H groups in total. The fraction of sp³-hybridized carbons (Fsp3) is 0.422. The van der Waals surface area contributed by atoms with E-state index in [2.05, 4.69) is 16.9 Å². The van der Waals surface area contributed by atoms with Crippen LogP contribution in [0.25, 0.3) is 17.2 Å². The first-order chi connectivity index (χ1) is 27.9. The molecular formula is C45H53N3O11. The Labute approximate surface area is 344 Å². The van der Waals surface area contributed by atoms with E-state index in [0.29, 0.717) is 34.7 Å². The molecule has 3 aromatic rings. The second-order valence-corrected chi connectivity index (χ2v) is 15.2. The lowest BCUT2D eigenvalue weighted by Crippen LogP contribution is -2.29. The van der Waals surface area contributed by atoms with Crippen molar-refractivity contribution in [1.82, 2.24) is 10.3 Å². The number of esters is 4. The van der Waals surface area contributed by atoms with Crippen LogP contribution in [0.4, 0.5) is 0 Å². The average Bonchev–Trinajstić information content (AvgIpc) is 4.03. The Kier molecular flexibility index (Phi) is 15.9. The number of carbonyl (C=O) groups is 6. The van der Waals surface area contributed by atoms with Crippen molar-refractivity contribution >= 4 is 47.4 Å². The van der Waals surface area contributed by atoms with E-state index in [1.54, 1.807) is 57.2 Å². The van der Waals surface area contributed by atoms with E-state index in [9.17, 15) is 33.9 Å². The Balaban J connectivity index is 1.64. The van der Waals surface area contributed by atoms with Crippen LogP contribution in [0.15, 0.2) is 55.1 Å². The number of nitrogens with zero attached hydrogens (tertiary/aromatic N) is 1. The van der Waals surface area contributed by atoms with Crippen LogP contribution in [0.3, 0.4) is 0 Å². The van der Waals surface area contributed by atoms with Crippen molar-refractivity contribution in [3.05, 3.63) is 94.3 Å². The first-order valence-corrected chi connectivity index (χ1v) is 19.6. The quantitative estimate of drug-likeness (QED) is 0.0475. The van der Waals surface area contributed by atoms with Crippen LogP contribution in [-0.4, -0.2) is 70.5 Å². The molecule has 4 rings (SSSR count). The van der Waals surface area contributed by atoms with Gasteiger partial charge in [0.05, 0.1) is 24.9 Å². The zero-order valence-corrected chi connectivity index (χ0v) is 34.6. The Morgan fingerprint density at radius 1 is 0.864 bits per heavy atom. The molecule has 1 fully saturated rings. The van der Waals surface area contributed by atoms with Gasteiger partial charge < -0.3 is 34.8 Å². The fourth-order valence-corrected chi connectivity index (χ4v) is 5.72. The van der Waals surface area contributed by atoms with Gasteiger partial charge in [-0.25, -0.2) is 9.78 Å². The summed E-state index contributed by atoms with van der Waals surface area (Å²) in [6.07, 6.45) is 0.548. The molecule has 0 radical (unpaired) electrons. The SMILES string of the molecule is C=Cc1cc(C(=O)Cc2ccc(C(=N)CC(=O)OC(C)OC(=O)C(C)C)cc2)c(-c2ccc(C(=O)NCC3CC3)nc2C(=O)OC(C)OC(=O)[C@@H](C)C(C)C)cc1CO. The normalized spacial score (nSPS) is 13.8. The van der Waals surface area contributed by atoms with Crippen LogP contribution in [-0.2, 0) is 46.4 Å². The van der Waals surface area contributed by atoms with Crippen molar-refractivity contribution in [2.75, 3.05) is 6.54 Å². The monoisotopic (exact) mass is 811 g/mol. The molecule has 2 aromatic carbocycles. The summed E-state index contributed by atoms with van der Waals surface area (Å²) >= 11 is 0. The van der Waals surface area contributed by atoms with E-state index in [-0.39, 0.29) is 58.3 Å². The highest BCUT2D eigenvalue weighted by Gasteiger charge is 2.29. The maximum atomic E-state index is 14.2. The molecule has 1 amide bonds. The summed E-state index contributed by atoms with van der Waals surface area (Å²) in [5.74, 6) is -4.27. The van der Waals surface area contributed by atoms with Crippen molar-refractivity contribution in [2.24, 2.45) is 23.7 Å². The molecule has 0 bridgehead atoms. The first kappa shape index (κ1) is 45.7. The van der Waals surface area contributed by atoms with Gasteiger partial charge in [0.1, 0.15) is 5.69 Å². The van der Waals surface area contributed by atoms with Crippen LogP contribution in [0.1, 0.15) is 121 Å². The fourth-order valence-electron chi connectivity index (χ4n) is 5.72. The topological polar surface area (TPSA) is 208 Å². The van der Waals surface area contributed by atoms with E-state index >= 15 is 0 Å². The number of rotatable bonds is 20. The summed E-state index contributed by atoms with van der Waals surface area (Å²) in [4.78, 5) is 82.5. The van der Waals surface area contributed by atoms with Crippen LogP contribution in [0, 0.1) is 29.1 Å². The van der Waals surface area contributed by atoms with Gasteiger partial charge in [0, 0.05) is 43.7 Å². The molecule has 0 aliphatic heterocycles. The van der Waals surface area contributed by atoms with Crippen molar-refractivity contribution in [3.8, 4) is 11.1 Å². The number of carbonyl (C=O) groups excluding carboxylic acids is 6. The number of ketones is 1. The summed E-state index contributed by atoms with van der Waals surface area (Å²) in [5, 5.41) is 21.5. The number of aliphatic hydroxyl groups excluding tert-OH is 1. The number of ether oxygens (including phenoxy) is 4. The molecule has 1 aliphatic carbocycles. The van der Waals surface area contributed by atoms with E-state index in [0.717, 1.165) is 12.8 Å². The smallest absolute Gasteiger partial charge is 0.360 e. The highest BCUT2D eigenvalue weighted by molar-refractivity contribution is 6.09. The third-order valence-corrected chi connectivity index (χ3v) is 9.80. The molecule has 2 unspecified atom stereocenters. The summed E-state index contributed by atoms with van der Waals surface area (Å²) in [6, 6.07) is 12.5. The lowest BCUT2D eigenvalue weighted by Gasteiger charge is -2.20. The zero-order chi connectivity index (χ0) is 43.6. The maximum absolute atomic E-state index is 14.2. The number of hydrogen-bond acceptors (Lipinski definition) is 13. The maximum Gasteiger partial charge on any atom is 0.360 e. The summed E-state index contributed by atoms with van der Waals surface area (Å²) in [6.45, 7) is 15.4. The van der Waals surface area contributed by atoms with Crippen molar-refractivity contribution < 1.29 is 52.8 Å². The van der Waals surface area contributed by atoms with Crippen molar-refractivity contribution in [1.29, 1.82) is 5.41 Å². The molecule has 1 aromatic heterocycles. The lowest BCUT2D eigenvalue weighted by atomic mass is 9.89. The average molecular weight is 812 g/mol. The molecule has 59 heavy (non-hydrogen) atoms. The van der Waals surface area contributed by atoms with Crippen LogP contribution in [0.2, 0.25) is 0 Å². The van der Waals surface area contributed by atoms with Gasteiger partial charge in [-0.3, -0.25) is 24.0 Å². The van der Waals surface area contributed by atoms with Gasteiger partial charge in [0.15, 0.2) is 11.5 Å². The van der Waals surface area contributed by atoms with Gasteiger partial charge in [0.25, 0.3) is 5.91 Å². The first-order valence-electron chi connectivity index (χ1n) is 19.6. The van der Waals surface area contributed by atoms with Gasteiger partial charge in [-0.15, -0.1) is 0 Å². The highest BCUT2D eigenvalue weighted by atomic mass is 16.7. The molecule has 0 spiro atoms. The molecule has 14 nitrogen and oxygen atoms in total. The van der Waals surface area contributed by atoms with Gasteiger partial charge in [0.2, 0.25) is 12.6 Å². The number of hydrogen-bond donors (Lipinski definition) is 3. The Hall–Kier alpha value is -6.02. The number of aliphatic hydroxyl groups is 1.